The van der Waals surface area contributed by atoms with Crippen molar-refractivity contribution in [2.45, 2.75) is 32.1 Å². The zero-order valence-electron chi connectivity index (χ0n) is 16.8. The van der Waals surface area contributed by atoms with Crippen LogP contribution in [0.1, 0.15) is 32.1 Å². The number of nitrogens with one attached hydrogen (secondary N) is 1. The number of primary amides is 1. The number of nitrogens with zero attached hydrogens (tertiary/aromatic N) is 2. The number of likely N-dealkylation sites (tertiary alicyclic amines) is 1. The molecule has 2 aliphatic heterocycles. The second-order valence-electron chi connectivity index (χ2n) is 7.61. The molecule has 1 fully saturated rings. The fourth-order valence-electron chi connectivity index (χ4n) is 3.89. The van der Waals surface area contributed by atoms with Crippen LogP contribution in [0.15, 0.2) is 24.3 Å². The zero-order valence-corrected chi connectivity index (χ0v) is 16.8. The lowest BCUT2D eigenvalue weighted by Crippen LogP contribution is -2.42. The van der Waals surface area contributed by atoms with Crippen LogP contribution in [0.2, 0.25) is 0 Å². The van der Waals surface area contributed by atoms with E-state index in [1.807, 2.05) is 24.3 Å². The number of anilines is 1. The predicted molar refractivity (Wildman–Crippen MR) is 110 cm³/mol. The van der Waals surface area contributed by atoms with Gasteiger partial charge in [0.1, 0.15) is 12.4 Å². The lowest BCUT2D eigenvalue weighted by Gasteiger charge is -2.31. The lowest BCUT2D eigenvalue weighted by atomic mass is 9.97. The molecular weight excluding hydrogens is 372 g/mol. The normalized spacial score (nSPS) is 19.2. The van der Waals surface area contributed by atoms with Gasteiger partial charge in [-0.1, -0.05) is 12.1 Å². The topological polar surface area (TPSA) is 105 Å². The van der Waals surface area contributed by atoms with Crippen LogP contribution in [-0.4, -0.2) is 62.0 Å². The maximum Gasteiger partial charge on any atom is 0.227 e. The van der Waals surface area contributed by atoms with Crippen molar-refractivity contribution in [3.8, 4) is 5.75 Å². The first-order valence-corrected chi connectivity index (χ1v) is 10.3. The van der Waals surface area contributed by atoms with Gasteiger partial charge in [0.05, 0.1) is 18.2 Å². The fourth-order valence-corrected chi connectivity index (χ4v) is 3.89. The maximum atomic E-state index is 12.5. The van der Waals surface area contributed by atoms with E-state index in [9.17, 15) is 14.4 Å². The summed E-state index contributed by atoms with van der Waals surface area (Å²) in [5.74, 6) is 0.230. The highest BCUT2D eigenvalue weighted by Crippen LogP contribution is 2.31. The molecule has 8 heteroatoms. The Morgan fingerprint density at radius 1 is 1.17 bits per heavy atom. The summed E-state index contributed by atoms with van der Waals surface area (Å²) in [6, 6.07) is 7.44. The lowest BCUT2D eigenvalue weighted by molar-refractivity contribution is -0.125. The molecule has 1 aromatic rings. The number of hydrogen-bond donors (Lipinski definition) is 2. The second kappa shape index (κ2) is 10.2. The average molecular weight is 402 g/mol. The highest BCUT2D eigenvalue weighted by molar-refractivity contribution is 5.97. The quantitative estimate of drug-likeness (QED) is 0.629. The first-order chi connectivity index (χ1) is 14.0. The zero-order chi connectivity index (χ0) is 20.6. The highest BCUT2D eigenvalue weighted by atomic mass is 16.5. The van der Waals surface area contributed by atoms with Crippen LogP contribution in [-0.2, 0) is 14.4 Å². The van der Waals surface area contributed by atoms with E-state index in [1.165, 1.54) is 0 Å². The van der Waals surface area contributed by atoms with Gasteiger partial charge in [0.2, 0.25) is 17.7 Å². The third-order valence-electron chi connectivity index (χ3n) is 5.48. The maximum absolute atomic E-state index is 12.5. The Morgan fingerprint density at radius 2 is 2.00 bits per heavy atom. The Morgan fingerprint density at radius 3 is 2.83 bits per heavy atom. The molecule has 8 nitrogen and oxygen atoms in total. The van der Waals surface area contributed by atoms with Crippen molar-refractivity contribution in [3.05, 3.63) is 24.3 Å². The van der Waals surface area contributed by atoms with Crippen molar-refractivity contribution in [1.29, 1.82) is 0 Å². The Bertz CT molecular complexity index is 739. The molecule has 3 rings (SSSR count). The Kier molecular flexibility index (Phi) is 7.46. The van der Waals surface area contributed by atoms with Crippen LogP contribution < -0.4 is 20.7 Å². The molecule has 2 heterocycles. The Labute approximate surface area is 171 Å². The number of para-hydroxylation sites is 2. The molecule has 0 spiro atoms. The van der Waals surface area contributed by atoms with E-state index in [2.05, 4.69) is 10.2 Å². The number of benzene rings is 1. The summed E-state index contributed by atoms with van der Waals surface area (Å²) in [6.45, 7) is 4.02. The molecule has 158 valence electrons. The molecule has 0 aliphatic carbocycles. The summed E-state index contributed by atoms with van der Waals surface area (Å²) in [4.78, 5) is 39.9. The van der Waals surface area contributed by atoms with Crippen LogP contribution in [0.3, 0.4) is 0 Å². The molecule has 0 radical (unpaired) electrons. The first-order valence-electron chi connectivity index (χ1n) is 10.3. The SMILES string of the molecule is NC(=O)C1CCCN(CCCNC(=O)CCC(=O)N2CCOc3ccccc32)C1. The summed E-state index contributed by atoms with van der Waals surface area (Å²) >= 11 is 0. The fraction of sp³-hybridized carbons (Fsp3) is 0.571. The smallest absolute Gasteiger partial charge is 0.227 e. The highest BCUT2D eigenvalue weighted by Gasteiger charge is 2.24. The molecule has 3 amide bonds. The summed E-state index contributed by atoms with van der Waals surface area (Å²) in [7, 11) is 0. The van der Waals surface area contributed by atoms with Crippen LogP contribution in [0.5, 0.6) is 5.75 Å². The van der Waals surface area contributed by atoms with Crippen molar-refractivity contribution in [1.82, 2.24) is 10.2 Å². The van der Waals surface area contributed by atoms with Gasteiger partial charge in [-0.15, -0.1) is 0 Å². The Hall–Kier alpha value is -2.61. The van der Waals surface area contributed by atoms with Crippen molar-refractivity contribution < 1.29 is 19.1 Å². The molecule has 0 aromatic heterocycles. The monoisotopic (exact) mass is 402 g/mol. The van der Waals surface area contributed by atoms with E-state index in [-0.39, 0.29) is 36.5 Å². The summed E-state index contributed by atoms with van der Waals surface area (Å²) in [5, 5.41) is 2.88. The number of rotatable bonds is 8. The molecule has 0 saturated carbocycles. The third kappa shape index (κ3) is 5.93. The van der Waals surface area contributed by atoms with Crippen LogP contribution in [0.4, 0.5) is 5.69 Å². The van der Waals surface area contributed by atoms with E-state index in [4.69, 9.17) is 10.5 Å². The van der Waals surface area contributed by atoms with E-state index in [0.29, 0.717) is 32.0 Å². The van der Waals surface area contributed by atoms with Gasteiger partial charge < -0.3 is 25.6 Å². The number of piperidine rings is 1. The van der Waals surface area contributed by atoms with E-state index < -0.39 is 0 Å². The van der Waals surface area contributed by atoms with Crippen molar-refractivity contribution >= 4 is 23.4 Å². The molecule has 2 aliphatic rings. The molecular formula is C21H30N4O4. The van der Waals surface area contributed by atoms with Gasteiger partial charge in [-0.2, -0.15) is 0 Å². The average Bonchev–Trinajstić information content (AvgIpc) is 2.75. The minimum absolute atomic E-state index is 0.0605. The van der Waals surface area contributed by atoms with Crippen molar-refractivity contribution in [2.24, 2.45) is 11.7 Å². The number of fused-ring (bicyclic) bond motifs is 1. The van der Waals surface area contributed by atoms with E-state index in [1.54, 1.807) is 4.90 Å². The van der Waals surface area contributed by atoms with Gasteiger partial charge >= 0.3 is 0 Å². The molecule has 1 aromatic carbocycles. The van der Waals surface area contributed by atoms with Gasteiger partial charge in [-0.05, 0) is 44.5 Å². The van der Waals surface area contributed by atoms with Gasteiger partial charge in [0, 0.05) is 25.9 Å². The number of carbonyl (C=O) groups is 3. The molecule has 1 saturated heterocycles. The van der Waals surface area contributed by atoms with Crippen molar-refractivity contribution in [2.75, 3.05) is 44.2 Å². The number of hydrogen-bond acceptors (Lipinski definition) is 5. The van der Waals surface area contributed by atoms with Crippen LogP contribution in [0.25, 0.3) is 0 Å². The van der Waals surface area contributed by atoms with E-state index >= 15 is 0 Å². The third-order valence-corrected chi connectivity index (χ3v) is 5.48. The minimum Gasteiger partial charge on any atom is -0.490 e. The largest absolute Gasteiger partial charge is 0.490 e. The Balaban J connectivity index is 1.33. The molecule has 3 N–H and O–H groups in total. The minimum atomic E-state index is -0.226. The summed E-state index contributed by atoms with van der Waals surface area (Å²) < 4.78 is 5.56. The second-order valence-corrected chi connectivity index (χ2v) is 7.61. The van der Waals surface area contributed by atoms with E-state index in [0.717, 1.165) is 38.0 Å². The number of carbonyl (C=O) groups excluding carboxylic acids is 3. The summed E-state index contributed by atoms with van der Waals surface area (Å²) in [5.41, 5.74) is 6.17. The molecule has 29 heavy (non-hydrogen) atoms. The van der Waals surface area contributed by atoms with Gasteiger partial charge in [0.15, 0.2) is 0 Å². The predicted octanol–water partition coefficient (Wildman–Crippen LogP) is 0.896. The first kappa shape index (κ1) is 21.1. The van der Waals surface area contributed by atoms with Gasteiger partial charge in [-0.25, -0.2) is 0 Å². The number of ether oxygens (including phenoxy) is 1. The van der Waals surface area contributed by atoms with Crippen LogP contribution in [0, 0.1) is 5.92 Å². The number of amides is 3. The number of nitrogens with two attached hydrogens (primary N) is 1. The van der Waals surface area contributed by atoms with Gasteiger partial charge in [-0.3, -0.25) is 14.4 Å². The van der Waals surface area contributed by atoms with Crippen molar-refractivity contribution in [3.63, 3.8) is 0 Å². The molecule has 1 atom stereocenters. The van der Waals surface area contributed by atoms with Crippen LogP contribution >= 0.6 is 0 Å². The molecule has 1 unspecified atom stereocenters. The summed E-state index contributed by atoms with van der Waals surface area (Å²) in [6.07, 6.45) is 3.00. The molecule has 0 bridgehead atoms. The standard InChI is InChI=1S/C21H30N4O4/c22-21(28)16-5-3-11-24(15-16)12-4-10-23-19(26)8-9-20(27)25-13-14-29-18-7-2-1-6-17(18)25/h1-2,6-7,16H,3-5,8-15H2,(H2,22,28)(H,23,26). The van der Waals surface area contributed by atoms with Gasteiger partial charge in [0.25, 0.3) is 0 Å².